The van der Waals surface area contributed by atoms with Crippen molar-refractivity contribution < 1.29 is 14.0 Å². The molecule has 2 amide bonds. The van der Waals surface area contributed by atoms with Crippen LogP contribution in [-0.2, 0) is 15.1 Å². The van der Waals surface area contributed by atoms with Crippen LogP contribution in [0.1, 0.15) is 18.2 Å². The number of primary amides is 1. The summed E-state index contributed by atoms with van der Waals surface area (Å²) < 4.78 is 14.7. The zero-order valence-electron chi connectivity index (χ0n) is 16.1. The standard InChI is InChI=1S/C21H22FN5O2/c1-14-12-18(27(26-14)17-10-8-16(22)9-11-17)25-19(28)13-24-21(2,20(23)29)15-6-4-3-5-7-15/h3-12,24H,13H2,1-2H3,(H2,23,29)(H,25,28)/t21-/m1/s1. The van der Waals surface area contributed by atoms with Crippen molar-refractivity contribution in [1.82, 2.24) is 15.1 Å². The van der Waals surface area contributed by atoms with Crippen LogP contribution >= 0.6 is 0 Å². The van der Waals surface area contributed by atoms with Crippen molar-refractivity contribution in [2.24, 2.45) is 5.73 Å². The number of rotatable bonds is 7. The second-order valence-corrected chi connectivity index (χ2v) is 6.82. The van der Waals surface area contributed by atoms with Crippen LogP contribution in [0.4, 0.5) is 10.2 Å². The lowest BCUT2D eigenvalue weighted by Gasteiger charge is -2.27. The van der Waals surface area contributed by atoms with Gasteiger partial charge >= 0.3 is 0 Å². The molecule has 0 bridgehead atoms. The molecule has 0 fully saturated rings. The molecule has 0 aliphatic rings. The second kappa shape index (κ2) is 8.24. The normalized spacial score (nSPS) is 12.9. The third kappa shape index (κ3) is 4.49. The van der Waals surface area contributed by atoms with Gasteiger partial charge in [-0.25, -0.2) is 9.07 Å². The Labute approximate surface area is 167 Å². The SMILES string of the molecule is Cc1cc(NC(=O)CN[C@@](C)(C(N)=O)c2ccccc2)n(-c2ccc(F)cc2)n1. The van der Waals surface area contributed by atoms with Crippen molar-refractivity contribution in [2.75, 3.05) is 11.9 Å². The van der Waals surface area contributed by atoms with Gasteiger partial charge in [-0.15, -0.1) is 0 Å². The third-order valence-corrected chi connectivity index (χ3v) is 4.62. The molecule has 1 atom stereocenters. The monoisotopic (exact) mass is 395 g/mol. The highest BCUT2D eigenvalue weighted by Crippen LogP contribution is 2.20. The van der Waals surface area contributed by atoms with Crippen molar-refractivity contribution in [1.29, 1.82) is 0 Å². The van der Waals surface area contributed by atoms with E-state index < -0.39 is 11.4 Å². The molecule has 3 rings (SSSR count). The zero-order chi connectivity index (χ0) is 21.0. The Morgan fingerprint density at radius 2 is 1.79 bits per heavy atom. The number of nitrogens with two attached hydrogens (primary N) is 1. The average Bonchev–Trinajstić information content (AvgIpc) is 3.07. The fraction of sp³-hybridized carbons (Fsp3) is 0.190. The number of aromatic nitrogens is 2. The molecule has 0 spiro atoms. The van der Waals surface area contributed by atoms with E-state index in [2.05, 4.69) is 15.7 Å². The van der Waals surface area contributed by atoms with Crippen LogP contribution in [0.25, 0.3) is 5.69 Å². The van der Waals surface area contributed by atoms with Gasteiger partial charge in [0.05, 0.1) is 17.9 Å². The van der Waals surface area contributed by atoms with E-state index in [4.69, 9.17) is 5.73 Å². The summed E-state index contributed by atoms with van der Waals surface area (Å²) in [5.41, 5.74) is 6.33. The molecular weight excluding hydrogens is 373 g/mol. The molecule has 0 radical (unpaired) electrons. The number of carbonyl (C=O) groups is 2. The number of halogens is 1. The Morgan fingerprint density at radius 1 is 1.14 bits per heavy atom. The molecule has 150 valence electrons. The van der Waals surface area contributed by atoms with Gasteiger partial charge in [-0.2, -0.15) is 5.10 Å². The Kier molecular flexibility index (Phi) is 5.74. The Bertz CT molecular complexity index is 1020. The summed E-state index contributed by atoms with van der Waals surface area (Å²) in [6.45, 7) is 3.26. The summed E-state index contributed by atoms with van der Waals surface area (Å²) >= 11 is 0. The number of nitrogens with zero attached hydrogens (tertiary/aromatic N) is 2. The van der Waals surface area contributed by atoms with E-state index in [0.29, 0.717) is 22.8 Å². The first-order valence-electron chi connectivity index (χ1n) is 9.02. The van der Waals surface area contributed by atoms with Crippen molar-refractivity contribution in [3.63, 3.8) is 0 Å². The smallest absolute Gasteiger partial charge is 0.242 e. The number of aryl methyl sites for hydroxylation is 1. The highest BCUT2D eigenvalue weighted by Gasteiger charge is 2.33. The molecule has 0 saturated heterocycles. The van der Waals surface area contributed by atoms with Crippen LogP contribution in [-0.4, -0.2) is 28.1 Å². The summed E-state index contributed by atoms with van der Waals surface area (Å²) in [5.74, 6) is -0.902. The minimum absolute atomic E-state index is 0.151. The Balaban J connectivity index is 1.74. The third-order valence-electron chi connectivity index (χ3n) is 4.62. The number of hydrogen-bond acceptors (Lipinski definition) is 4. The summed E-state index contributed by atoms with van der Waals surface area (Å²) in [7, 11) is 0. The summed E-state index contributed by atoms with van der Waals surface area (Å²) in [5, 5.41) is 10.0. The first-order valence-corrected chi connectivity index (χ1v) is 9.02. The van der Waals surface area contributed by atoms with E-state index in [1.54, 1.807) is 56.3 Å². The van der Waals surface area contributed by atoms with Crippen LogP contribution in [0.15, 0.2) is 60.7 Å². The molecule has 8 heteroatoms. The highest BCUT2D eigenvalue weighted by atomic mass is 19.1. The van der Waals surface area contributed by atoms with Crippen LogP contribution in [0.3, 0.4) is 0 Å². The maximum atomic E-state index is 13.2. The maximum Gasteiger partial charge on any atom is 0.242 e. The molecule has 0 aliphatic heterocycles. The minimum atomic E-state index is -1.20. The first-order chi connectivity index (χ1) is 13.8. The molecular formula is C21H22FN5O2. The average molecular weight is 395 g/mol. The van der Waals surface area contributed by atoms with Crippen molar-refractivity contribution in [3.8, 4) is 5.69 Å². The van der Waals surface area contributed by atoms with Gasteiger partial charge in [0.2, 0.25) is 11.8 Å². The Hall–Kier alpha value is -3.52. The second-order valence-electron chi connectivity index (χ2n) is 6.82. The summed E-state index contributed by atoms with van der Waals surface area (Å²) in [6.07, 6.45) is 0. The van der Waals surface area contributed by atoms with Gasteiger partial charge in [-0.3, -0.25) is 14.9 Å². The number of carbonyl (C=O) groups excluding carboxylic acids is 2. The van der Waals surface area contributed by atoms with E-state index in [0.717, 1.165) is 0 Å². The van der Waals surface area contributed by atoms with Gasteiger partial charge < -0.3 is 11.1 Å². The zero-order valence-corrected chi connectivity index (χ0v) is 16.1. The number of nitrogens with one attached hydrogen (secondary N) is 2. The van der Waals surface area contributed by atoms with Crippen molar-refractivity contribution >= 4 is 17.6 Å². The molecule has 0 saturated carbocycles. The lowest BCUT2D eigenvalue weighted by molar-refractivity contribution is -0.124. The molecule has 29 heavy (non-hydrogen) atoms. The maximum absolute atomic E-state index is 13.2. The molecule has 4 N–H and O–H groups in total. The lowest BCUT2D eigenvalue weighted by atomic mass is 9.91. The van der Waals surface area contributed by atoms with Crippen LogP contribution in [0.5, 0.6) is 0 Å². The lowest BCUT2D eigenvalue weighted by Crippen LogP contribution is -2.52. The van der Waals surface area contributed by atoms with E-state index >= 15 is 0 Å². The van der Waals surface area contributed by atoms with Crippen LogP contribution in [0.2, 0.25) is 0 Å². The van der Waals surface area contributed by atoms with Gasteiger partial charge in [0.15, 0.2) is 0 Å². The van der Waals surface area contributed by atoms with E-state index in [-0.39, 0.29) is 18.3 Å². The molecule has 3 aromatic rings. The Morgan fingerprint density at radius 3 is 2.41 bits per heavy atom. The number of hydrogen-bond donors (Lipinski definition) is 3. The summed E-state index contributed by atoms with van der Waals surface area (Å²) in [6, 6.07) is 16.4. The summed E-state index contributed by atoms with van der Waals surface area (Å²) in [4.78, 5) is 24.6. The van der Waals surface area contributed by atoms with Crippen LogP contribution < -0.4 is 16.4 Å². The number of amides is 2. The fourth-order valence-electron chi connectivity index (χ4n) is 2.91. The quantitative estimate of drug-likeness (QED) is 0.571. The first kappa shape index (κ1) is 20.2. The number of anilines is 1. The van der Waals surface area contributed by atoms with Crippen molar-refractivity contribution in [2.45, 2.75) is 19.4 Å². The van der Waals surface area contributed by atoms with Gasteiger partial charge in [0, 0.05) is 6.07 Å². The molecule has 1 heterocycles. The molecule has 0 aliphatic carbocycles. The van der Waals surface area contributed by atoms with Gasteiger partial charge in [0.1, 0.15) is 17.2 Å². The predicted molar refractivity (Wildman–Crippen MR) is 108 cm³/mol. The molecule has 0 unspecified atom stereocenters. The highest BCUT2D eigenvalue weighted by molar-refractivity contribution is 5.93. The largest absolute Gasteiger partial charge is 0.368 e. The molecule has 7 nitrogen and oxygen atoms in total. The number of benzene rings is 2. The topological polar surface area (TPSA) is 102 Å². The predicted octanol–water partition coefficient (Wildman–Crippen LogP) is 2.25. The fourth-order valence-corrected chi connectivity index (χ4v) is 2.91. The van der Waals surface area contributed by atoms with Gasteiger partial charge in [0.25, 0.3) is 0 Å². The molecule has 1 aromatic heterocycles. The van der Waals surface area contributed by atoms with Gasteiger partial charge in [-0.05, 0) is 43.7 Å². The molecule has 2 aromatic carbocycles. The van der Waals surface area contributed by atoms with Crippen LogP contribution in [0, 0.1) is 12.7 Å². The van der Waals surface area contributed by atoms with Crippen molar-refractivity contribution in [3.05, 3.63) is 77.7 Å². The van der Waals surface area contributed by atoms with E-state index in [1.807, 2.05) is 6.07 Å². The van der Waals surface area contributed by atoms with Gasteiger partial charge in [-0.1, -0.05) is 30.3 Å². The van der Waals surface area contributed by atoms with E-state index in [1.165, 1.54) is 16.8 Å². The minimum Gasteiger partial charge on any atom is -0.368 e. The van der Waals surface area contributed by atoms with E-state index in [9.17, 15) is 14.0 Å².